The van der Waals surface area contributed by atoms with Crippen LogP contribution >= 0.6 is 0 Å². The average molecular weight is 373 g/mol. The molecule has 142 valence electrons. The van der Waals surface area contributed by atoms with Crippen LogP contribution in [-0.2, 0) is 0 Å². The van der Waals surface area contributed by atoms with Gasteiger partial charge in [0, 0.05) is 37.0 Å². The molecule has 1 fully saturated rings. The molecule has 0 unspecified atom stereocenters. The Kier molecular flexibility index (Phi) is 5.15. The number of carbonyl (C=O) groups is 1. The molecule has 0 saturated heterocycles. The molecule has 0 N–H and O–H groups in total. The van der Waals surface area contributed by atoms with Crippen LogP contribution in [-0.4, -0.2) is 43.4 Å². The van der Waals surface area contributed by atoms with Crippen LogP contribution in [0.5, 0.6) is 0 Å². The van der Waals surface area contributed by atoms with Gasteiger partial charge < -0.3 is 4.90 Å². The molecule has 27 heavy (non-hydrogen) atoms. The van der Waals surface area contributed by atoms with Gasteiger partial charge in [0.15, 0.2) is 0 Å². The zero-order chi connectivity index (χ0) is 19.6. The third-order valence-corrected chi connectivity index (χ3v) is 4.85. The van der Waals surface area contributed by atoms with Gasteiger partial charge in [-0.15, -0.1) is 0 Å². The first-order valence-electron chi connectivity index (χ1n) is 8.62. The second-order valence-electron chi connectivity index (χ2n) is 6.60. The van der Waals surface area contributed by atoms with Gasteiger partial charge in [-0.1, -0.05) is 19.3 Å². The van der Waals surface area contributed by atoms with E-state index in [1.54, 1.807) is 11.9 Å². The van der Waals surface area contributed by atoms with E-state index in [1.807, 2.05) is 0 Å². The number of nitro benzene ring substituents is 2. The van der Waals surface area contributed by atoms with Crippen molar-refractivity contribution in [2.75, 3.05) is 7.05 Å². The van der Waals surface area contributed by atoms with Crippen molar-refractivity contribution >= 4 is 17.4 Å². The van der Waals surface area contributed by atoms with Crippen molar-refractivity contribution in [2.45, 2.75) is 38.1 Å². The van der Waals surface area contributed by atoms with Gasteiger partial charge in [0.25, 0.3) is 11.4 Å². The van der Waals surface area contributed by atoms with Gasteiger partial charge in [-0.25, -0.2) is 9.78 Å². The number of benzene rings is 1. The summed E-state index contributed by atoms with van der Waals surface area (Å²) >= 11 is 0. The number of hydrogen-bond acceptors (Lipinski definition) is 6. The minimum Gasteiger partial charge on any atom is -0.324 e. The summed E-state index contributed by atoms with van der Waals surface area (Å²) in [6.07, 6.45) is 8.04. The molecule has 2 aromatic rings. The first kappa shape index (κ1) is 18.5. The maximum absolute atomic E-state index is 12.7. The van der Waals surface area contributed by atoms with E-state index in [1.165, 1.54) is 35.6 Å². The molecule has 3 rings (SSSR count). The SMILES string of the molecule is CN(C(=O)n1cnc(-c2cc([N+](=O)[O-])cc([N+](=O)[O-])c2)c1)C1CCCCC1. The van der Waals surface area contributed by atoms with Crippen LogP contribution in [0.4, 0.5) is 16.2 Å². The molecule has 0 bridgehead atoms. The van der Waals surface area contributed by atoms with Crippen molar-refractivity contribution in [3.05, 3.63) is 51.0 Å². The second-order valence-corrected chi connectivity index (χ2v) is 6.60. The maximum Gasteiger partial charge on any atom is 0.329 e. The molecular weight excluding hydrogens is 354 g/mol. The first-order valence-corrected chi connectivity index (χ1v) is 8.62. The van der Waals surface area contributed by atoms with Crippen LogP contribution in [0.3, 0.4) is 0 Å². The summed E-state index contributed by atoms with van der Waals surface area (Å²) in [4.78, 5) is 39.1. The standard InChI is InChI=1S/C17H19N5O5/c1-19(13-5-3-2-4-6-13)17(23)20-10-16(18-11-20)12-7-14(21(24)25)9-15(8-12)22(26)27/h7-11,13H,2-6H2,1H3. The van der Waals surface area contributed by atoms with E-state index in [9.17, 15) is 25.0 Å². The van der Waals surface area contributed by atoms with Gasteiger partial charge in [0.1, 0.15) is 6.33 Å². The molecule has 1 aromatic heterocycles. The van der Waals surface area contributed by atoms with Crippen LogP contribution in [0.25, 0.3) is 11.3 Å². The molecule has 0 radical (unpaired) electrons. The van der Waals surface area contributed by atoms with Crippen LogP contribution in [0.1, 0.15) is 32.1 Å². The smallest absolute Gasteiger partial charge is 0.324 e. The van der Waals surface area contributed by atoms with Crippen LogP contribution < -0.4 is 0 Å². The van der Waals surface area contributed by atoms with Crippen molar-refractivity contribution < 1.29 is 14.6 Å². The Hall–Kier alpha value is -3.30. The molecule has 1 amide bonds. The van der Waals surface area contributed by atoms with Gasteiger partial charge in [-0.3, -0.25) is 24.8 Å². The number of nitro groups is 2. The first-order chi connectivity index (χ1) is 12.9. The summed E-state index contributed by atoms with van der Waals surface area (Å²) in [5.74, 6) is 0. The minimum absolute atomic E-state index is 0.177. The van der Waals surface area contributed by atoms with E-state index < -0.39 is 21.2 Å². The Balaban J connectivity index is 1.87. The average Bonchev–Trinajstić information content (AvgIpc) is 3.17. The van der Waals surface area contributed by atoms with Crippen LogP contribution in [0.15, 0.2) is 30.7 Å². The lowest BCUT2D eigenvalue weighted by molar-refractivity contribution is -0.394. The number of nitrogens with zero attached hydrogens (tertiary/aromatic N) is 5. The summed E-state index contributed by atoms with van der Waals surface area (Å²) in [5.41, 5.74) is -0.339. The van der Waals surface area contributed by atoms with Crippen molar-refractivity contribution in [3.63, 3.8) is 0 Å². The lowest BCUT2D eigenvalue weighted by Gasteiger charge is -2.31. The largest absolute Gasteiger partial charge is 0.329 e. The highest BCUT2D eigenvalue weighted by molar-refractivity contribution is 5.78. The van der Waals surface area contributed by atoms with Gasteiger partial charge in [-0.2, -0.15) is 0 Å². The summed E-state index contributed by atoms with van der Waals surface area (Å²) in [6, 6.07) is 3.23. The number of imidazole rings is 1. The third kappa shape index (κ3) is 3.94. The molecule has 1 saturated carbocycles. The lowest BCUT2D eigenvalue weighted by Crippen LogP contribution is -2.40. The summed E-state index contributed by atoms with van der Waals surface area (Å²) in [6.45, 7) is 0. The van der Waals surface area contributed by atoms with Crippen molar-refractivity contribution in [3.8, 4) is 11.3 Å². The predicted molar refractivity (Wildman–Crippen MR) is 96.4 cm³/mol. The molecule has 0 atom stereocenters. The molecule has 10 nitrogen and oxygen atoms in total. The normalized spacial score (nSPS) is 14.7. The van der Waals surface area contributed by atoms with Gasteiger partial charge in [0.2, 0.25) is 0 Å². The number of aromatic nitrogens is 2. The Morgan fingerprint density at radius 3 is 2.26 bits per heavy atom. The van der Waals surface area contributed by atoms with Crippen LogP contribution in [0, 0.1) is 20.2 Å². The second kappa shape index (κ2) is 7.52. The minimum atomic E-state index is -0.699. The van der Waals surface area contributed by atoms with E-state index >= 15 is 0 Å². The molecular formula is C17H19N5O5. The highest BCUT2D eigenvalue weighted by atomic mass is 16.6. The van der Waals surface area contributed by atoms with Gasteiger partial charge in [0.05, 0.1) is 21.6 Å². The number of non-ortho nitro benzene ring substituents is 2. The number of amides is 1. The summed E-state index contributed by atoms with van der Waals surface area (Å²) in [7, 11) is 1.75. The Morgan fingerprint density at radius 2 is 1.70 bits per heavy atom. The quantitative estimate of drug-likeness (QED) is 0.595. The highest BCUT2D eigenvalue weighted by Crippen LogP contribution is 2.29. The van der Waals surface area contributed by atoms with E-state index in [4.69, 9.17) is 0 Å². The van der Waals surface area contributed by atoms with E-state index in [2.05, 4.69) is 4.98 Å². The fourth-order valence-electron chi connectivity index (χ4n) is 3.34. The fraction of sp³-hybridized carbons (Fsp3) is 0.412. The molecule has 1 aromatic carbocycles. The van der Waals surface area contributed by atoms with Crippen molar-refractivity contribution in [1.29, 1.82) is 0 Å². The van der Waals surface area contributed by atoms with E-state index in [0.717, 1.165) is 31.7 Å². The van der Waals surface area contributed by atoms with E-state index in [-0.39, 0.29) is 23.3 Å². The fourth-order valence-corrected chi connectivity index (χ4v) is 3.34. The Morgan fingerprint density at radius 1 is 1.11 bits per heavy atom. The topological polar surface area (TPSA) is 124 Å². The number of carbonyl (C=O) groups excluding carboxylic acids is 1. The molecule has 1 aliphatic carbocycles. The van der Waals surface area contributed by atoms with Gasteiger partial charge in [-0.05, 0) is 12.8 Å². The molecule has 0 spiro atoms. The molecule has 0 aliphatic heterocycles. The zero-order valence-corrected chi connectivity index (χ0v) is 14.8. The zero-order valence-electron chi connectivity index (χ0n) is 14.8. The Bertz CT molecular complexity index is 855. The molecule has 1 heterocycles. The highest BCUT2D eigenvalue weighted by Gasteiger charge is 2.24. The molecule has 10 heteroatoms. The van der Waals surface area contributed by atoms with Crippen molar-refractivity contribution in [1.82, 2.24) is 14.5 Å². The lowest BCUT2D eigenvalue weighted by atomic mass is 9.95. The van der Waals surface area contributed by atoms with Gasteiger partial charge >= 0.3 is 6.03 Å². The predicted octanol–water partition coefficient (Wildman–Crippen LogP) is 3.60. The summed E-state index contributed by atoms with van der Waals surface area (Å²) < 4.78 is 1.30. The van der Waals surface area contributed by atoms with Crippen molar-refractivity contribution in [2.24, 2.45) is 0 Å². The number of rotatable bonds is 4. The maximum atomic E-state index is 12.7. The Labute approximate surface area is 154 Å². The van der Waals surface area contributed by atoms with E-state index in [0.29, 0.717) is 0 Å². The van der Waals surface area contributed by atoms with Crippen LogP contribution in [0.2, 0.25) is 0 Å². The number of hydrogen-bond donors (Lipinski definition) is 0. The monoisotopic (exact) mass is 373 g/mol. The third-order valence-electron chi connectivity index (χ3n) is 4.85. The molecule has 1 aliphatic rings. The summed E-state index contributed by atoms with van der Waals surface area (Å²) in [5, 5.41) is 22.1.